The number of nitrogens with zero attached hydrogens (tertiary/aromatic N) is 2. The molecular formula is C20H24ClF2N3O2. The standard InChI is InChI=1S/C20H23F2N3O2.ClH/c21-15-3-4-16(17(22)9-15)19-10-18(24-27-19)20(26)23-11-13-5-7-25(8-6-13)12-14-1-2-14;/h3-4,9-10,13-14H,1-2,5-8,11-12H2,(H,23,26);1H. The summed E-state index contributed by atoms with van der Waals surface area (Å²) in [4.78, 5) is 14.8. The highest BCUT2D eigenvalue weighted by Gasteiger charge is 2.27. The highest BCUT2D eigenvalue weighted by molar-refractivity contribution is 5.93. The summed E-state index contributed by atoms with van der Waals surface area (Å²) in [5.74, 6) is -0.286. The van der Waals surface area contributed by atoms with E-state index in [4.69, 9.17) is 4.52 Å². The van der Waals surface area contributed by atoms with Crippen molar-refractivity contribution in [2.75, 3.05) is 26.2 Å². The van der Waals surface area contributed by atoms with Crippen LogP contribution in [0.15, 0.2) is 28.8 Å². The lowest BCUT2D eigenvalue weighted by Crippen LogP contribution is -2.39. The predicted octanol–water partition coefficient (Wildman–Crippen LogP) is 3.89. The quantitative estimate of drug-likeness (QED) is 0.783. The molecule has 0 spiro atoms. The van der Waals surface area contributed by atoms with Gasteiger partial charge in [-0.1, -0.05) is 5.16 Å². The number of carbonyl (C=O) groups is 1. The number of carbonyl (C=O) groups excluding carboxylic acids is 1. The van der Waals surface area contributed by atoms with Crippen LogP contribution in [0.25, 0.3) is 11.3 Å². The van der Waals surface area contributed by atoms with Gasteiger partial charge in [-0.15, -0.1) is 12.4 Å². The molecule has 2 aromatic rings. The number of aromatic nitrogens is 1. The van der Waals surface area contributed by atoms with E-state index >= 15 is 0 Å². The Hall–Kier alpha value is -1.99. The first-order chi connectivity index (χ1) is 13.1. The number of piperidine rings is 1. The molecule has 0 atom stereocenters. The molecule has 152 valence electrons. The van der Waals surface area contributed by atoms with Crippen LogP contribution in [0.2, 0.25) is 0 Å². The maximum atomic E-state index is 13.8. The summed E-state index contributed by atoms with van der Waals surface area (Å²) < 4.78 is 31.9. The molecule has 2 heterocycles. The van der Waals surface area contributed by atoms with Gasteiger partial charge in [0.15, 0.2) is 11.5 Å². The number of hydrogen-bond donors (Lipinski definition) is 1. The number of amides is 1. The number of likely N-dealkylation sites (tertiary alicyclic amines) is 1. The van der Waals surface area contributed by atoms with E-state index in [-0.39, 0.29) is 35.3 Å². The van der Waals surface area contributed by atoms with Crippen molar-refractivity contribution in [1.82, 2.24) is 15.4 Å². The fourth-order valence-electron chi connectivity index (χ4n) is 3.56. The summed E-state index contributed by atoms with van der Waals surface area (Å²) in [7, 11) is 0. The molecular weight excluding hydrogens is 388 g/mol. The Morgan fingerprint density at radius 2 is 1.89 bits per heavy atom. The largest absolute Gasteiger partial charge is 0.355 e. The van der Waals surface area contributed by atoms with Crippen LogP contribution >= 0.6 is 12.4 Å². The topological polar surface area (TPSA) is 58.4 Å². The highest BCUT2D eigenvalue weighted by atomic mass is 35.5. The van der Waals surface area contributed by atoms with Gasteiger partial charge in [-0.3, -0.25) is 4.79 Å². The minimum absolute atomic E-state index is 0. The summed E-state index contributed by atoms with van der Waals surface area (Å²) in [5, 5.41) is 6.61. The van der Waals surface area contributed by atoms with Crippen LogP contribution in [-0.2, 0) is 0 Å². The van der Waals surface area contributed by atoms with Gasteiger partial charge in [-0.25, -0.2) is 8.78 Å². The average molecular weight is 412 g/mol. The van der Waals surface area contributed by atoms with Crippen molar-refractivity contribution < 1.29 is 18.1 Å². The van der Waals surface area contributed by atoms with Gasteiger partial charge >= 0.3 is 0 Å². The Balaban J connectivity index is 0.00000225. The Kier molecular flexibility index (Phi) is 6.67. The summed E-state index contributed by atoms with van der Waals surface area (Å²) in [5.41, 5.74) is 0.172. The SMILES string of the molecule is Cl.O=C(NCC1CCN(CC2CC2)CC1)c1cc(-c2ccc(F)cc2F)on1. The van der Waals surface area contributed by atoms with Crippen molar-refractivity contribution >= 4 is 18.3 Å². The second kappa shape index (κ2) is 9.01. The minimum Gasteiger partial charge on any atom is -0.355 e. The van der Waals surface area contributed by atoms with Crippen molar-refractivity contribution in [3.05, 3.63) is 41.6 Å². The lowest BCUT2D eigenvalue weighted by molar-refractivity contribution is 0.0926. The first-order valence-corrected chi connectivity index (χ1v) is 9.51. The van der Waals surface area contributed by atoms with E-state index in [1.807, 2.05) is 0 Å². The Bertz CT molecular complexity index is 818. The second-order valence-electron chi connectivity index (χ2n) is 7.60. The van der Waals surface area contributed by atoms with Gasteiger partial charge in [0.05, 0.1) is 5.56 Å². The molecule has 1 saturated heterocycles. The summed E-state index contributed by atoms with van der Waals surface area (Å²) in [6.07, 6.45) is 4.91. The van der Waals surface area contributed by atoms with Gasteiger partial charge in [-0.2, -0.15) is 0 Å². The summed E-state index contributed by atoms with van der Waals surface area (Å²) in [6.45, 7) is 4.01. The maximum absolute atomic E-state index is 13.8. The summed E-state index contributed by atoms with van der Waals surface area (Å²) >= 11 is 0. The molecule has 0 bridgehead atoms. The van der Waals surface area contributed by atoms with E-state index in [1.54, 1.807) is 0 Å². The van der Waals surface area contributed by atoms with Crippen molar-refractivity contribution in [1.29, 1.82) is 0 Å². The molecule has 8 heteroatoms. The molecule has 2 aliphatic rings. The van der Waals surface area contributed by atoms with Crippen molar-refractivity contribution in [2.45, 2.75) is 25.7 Å². The van der Waals surface area contributed by atoms with Gasteiger partial charge in [0.1, 0.15) is 11.6 Å². The van der Waals surface area contributed by atoms with Crippen LogP contribution in [0.4, 0.5) is 8.78 Å². The van der Waals surface area contributed by atoms with Gasteiger partial charge < -0.3 is 14.7 Å². The lowest BCUT2D eigenvalue weighted by Gasteiger charge is -2.31. The van der Waals surface area contributed by atoms with E-state index in [9.17, 15) is 13.6 Å². The molecule has 4 rings (SSSR count). The van der Waals surface area contributed by atoms with E-state index < -0.39 is 11.6 Å². The third kappa shape index (κ3) is 5.08. The smallest absolute Gasteiger partial charge is 0.273 e. The van der Waals surface area contributed by atoms with Crippen LogP contribution in [-0.4, -0.2) is 42.1 Å². The molecule has 1 N–H and O–H groups in total. The van der Waals surface area contributed by atoms with Gasteiger partial charge in [0.25, 0.3) is 5.91 Å². The molecule has 1 aliphatic carbocycles. The predicted molar refractivity (Wildman–Crippen MR) is 103 cm³/mol. The normalized spacial score (nSPS) is 17.9. The Morgan fingerprint density at radius 3 is 2.57 bits per heavy atom. The molecule has 0 unspecified atom stereocenters. The van der Waals surface area contributed by atoms with Crippen molar-refractivity contribution in [2.24, 2.45) is 11.8 Å². The first kappa shape index (κ1) is 20.7. The third-order valence-electron chi connectivity index (χ3n) is 5.41. The Morgan fingerprint density at radius 1 is 1.14 bits per heavy atom. The number of rotatable bonds is 6. The average Bonchev–Trinajstić information content (AvgIpc) is 3.33. The molecule has 1 saturated carbocycles. The van der Waals surface area contributed by atoms with Gasteiger partial charge in [0.2, 0.25) is 0 Å². The van der Waals surface area contributed by atoms with Crippen molar-refractivity contribution in [3.8, 4) is 11.3 Å². The fraction of sp³-hybridized carbons (Fsp3) is 0.500. The zero-order valence-electron chi connectivity index (χ0n) is 15.5. The first-order valence-electron chi connectivity index (χ1n) is 9.51. The van der Waals surface area contributed by atoms with Gasteiger partial charge in [-0.05, 0) is 62.7 Å². The summed E-state index contributed by atoms with van der Waals surface area (Å²) in [6, 6.07) is 4.55. The molecule has 28 heavy (non-hydrogen) atoms. The fourth-order valence-corrected chi connectivity index (χ4v) is 3.56. The minimum atomic E-state index is -0.754. The monoisotopic (exact) mass is 411 g/mol. The van der Waals surface area contributed by atoms with Crippen LogP contribution < -0.4 is 5.32 Å². The molecule has 5 nitrogen and oxygen atoms in total. The molecule has 0 radical (unpaired) electrons. The van der Waals surface area contributed by atoms with E-state index in [2.05, 4.69) is 15.4 Å². The second-order valence-corrected chi connectivity index (χ2v) is 7.60. The lowest BCUT2D eigenvalue weighted by atomic mass is 9.96. The maximum Gasteiger partial charge on any atom is 0.273 e. The zero-order valence-corrected chi connectivity index (χ0v) is 16.3. The van der Waals surface area contributed by atoms with Crippen LogP contribution in [0, 0.1) is 23.5 Å². The Labute approximate surface area is 168 Å². The number of nitrogens with one attached hydrogen (secondary N) is 1. The molecule has 1 aromatic carbocycles. The van der Waals surface area contributed by atoms with Crippen LogP contribution in [0.5, 0.6) is 0 Å². The molecule has 2 fully saturated rings. The number of benzene rings is 1. The van der Waals surface area contributed by atoms with Crippen molar-refractivity contribution in [3.63, 3.8) is 0 Å². The van der Waals surface area contributed by atoms with E-state index in [0.717, 1.165) is 44.0 Å². The third-order valence-corrected chi connectivity index (χ3v) is 5.41. The van der Waals surface area contributed by atoms with Gasteiger partial charge in [0, 0.05) is 25.2 Å². The van der Waals surface area contributed by atoms with E-state index in [1.165, 1.54) is 31.5 Å². The van der Waals surface area contributed by atoms with Crippen LogP contribution in [0.3, 0.4) is 0 Å². The molecule has 1 aliphatic heterocycles. The number of halogens is 3. The zero-order chi connectivity index (χ0) is 18.8. The molecule has 1 aromatic heterocycles. The van der Waals surface area contributed by atoms with Crippen LogP contribution in [0.1, 0.15) is 36.2 Å². The highest BCUT2D eigenvalue weighted by Crippen LogP contribution is 2.31. The number of hydrogen-bond acceptors (Lipinski definition) is 4. The molecule has 1 amide bonds. The van der Waals surface area contributed by atoms with E-state index in [0.29, 0.717) is 12.5 Å².